The third kappa shape index (κ3) is 4.10. The first-order valence-corrected chi connectivity index (χ1v) is 9.98. The molecule has 0 saturated heterocycles. The van der Waals surface area contributed by atoms with Crippen LogP contribution in [0, 0.1) is 20.8 Å². The van der Waals surface area contributed by atoms with Crippen LogP contribution >= 0.6 is 0 Å². The summed E-state index contributed by atoms with van der Waals surface area (Å²) in [6.45, 7) is 6.37. The molecule has 0 radical (unpaired) electrons. The number of rotatable bonds is 6. The first-order chi connectivity index (χ1) is 14.4. The molecule has 1 amide bonds. The molecule has 0 aliphatic carbocycles. The fraction of sp³-hybridized carbons (Fsp3) is 0.304. The van der Waals surface area contributed by atoms with Crippen LogP contribution in [-0.4, -0.2) is 43.9 Å². The third-order valence-corrected chi connectivity index (χ3v) is 5.18. The number of amides is 1. The van der Waals surface area contributed by atoms with Crippen LogP contribution in [0.4, 0.5) is 0 Å². The first kappa shape index (κ1) is 19.8. The molecule has 0 N–H and O–H groups in total. The average molecular weight is 403 g/mol. The van der Waals surface area contributed by atoms with Crippen molar-refractivity contribution in [2.75, 3.05) is 13.6 Å². The summed E-state index contributed by atoms with van der Waals surface area (Å²) < 4.78 is 7.03. The first-order valence-electron chi connectivity index (χ1n) is 9.98. The van der Waals surface area contributed by atoms with Crippen molar-refractivity contribution in [2.45, 2.75) is 33.6 Å². The largest absolute Gasteiger partial charge is 0.345 e. The van der Waals surface area contributed by atoms with Gasteiger partial charge < -0.3 is 13.8 Å². The van der Waals surface area contributed by atoms with Crippen molar-refractivity contribution in [1.29, 1.82) is 0 Å². The highest BCUT2D eigenvalue weighted by molar-refractivity contribution is 5.81. The lowest BCUT2D eigenvalue weighted by molar-refractivity contribution is -0.129. The monoisotopic (exact) mass is 403 g/mol. The van der Waals surface area contributed by atoms with Gasteiger partial charge in [-0.25, -0.2) is 4.98 Å². The van der Waals surface area contributed by atoms with Crippen LogP contribution < -0.4 is 0 Å². The summed E-state index contributed by atoms with van der Waals surface area (Å²) in [5.74, 6) is 1.16. The number of imidazole rings is 1. The molecule has 1 aromatic carbocycles. The van der Waals surface area contributed by atoms with Crippen molar-refractivity contribution in [3.8, 4) is 11.3 Å². The molecule has 30 heavy (non-hydrogen) atoms. The molecule has 0 aliphatic heterocycles. The number of fused-ring (bicyclic) bond motifs is 1. The van der Waals surface area contributed by atoms with Crippen LogP contribution in [0.15, 0.2) is 47.1 Å². The maximum absolute atomic E-state index is 13.0. The Balaban J connectivity index is 1.61. The number of hydrogen-bond donors (Lipinski definition) is 0. The molecule has 7 nitrogen and oxygen atoms in total. The molecule has 0 saturated carbocycles. The van der Waals surface area contributed by atoms with Crippen molar-refractivity contribution >= 4 is 11.6 Å². The molecule has 4 aromatic rings. The van der Waals surface area contributed by atoms with Gasteiger partial charge in [0.25, 0.3) is 0 Å². The normalized spacial score (nSPS) is 11.2. The minimum absolute atomic E-state index is 0.0203. The zero-order chi connectivity index (χ0) is 21.3. The summed E-state index contributed by atoms with van der Waals surface area (Å²) in [5.41, 5.74) is 5.89. The third-order valence-electron chi connectivity index (χ3n) is 5.18. The van der Waals surface area contributed by atoms with Crippen molar-refractivity contribution in [2.24, 2.45) is 0 Å². The fourth-order valence-electron chi connectivity index (χ4n) is 3.42. The number of carbonyl (C=O) groups is 1. The van der Waals surface area contributed by atoms with Crippen LogP contribution in [0.5, 0.6) is 0 Å². The van der Waals surface area contributed by atoms with E-state index in [1.54, 1.807) is 18.9 Å². The lowest BCUT2D eigenvalue weighted by Gasteiger charge is -2.16. The van der Waals surface area contributed by atoms with Gasteiger partial charge in [0.05, 0.1) is 17.8 Å². The fourth-order valence-corrected chi connectivity index (χ4v) is 3.42. The Hall–Kier alpha value is -3.48. The number of benzene rings is 1. The summed E-state index contributed by atoms with van der Waals surface area (Å²) in [4.78, 5) is 23.8. The number of aryl methyl sites for hydroxylation is 3. The Morgan fingerprint density at radius 3 is 2.47 bits per heavy atom. The molecule has 0 fully saturated rings. The van der Waals surface area contributed by atoms with Gasteiger partial charge in [0.2, 0.25) is 11.8 Å². The summed E-state index contributed by atoms with van der Waals surface area (Å²) in [6, 6.07) is 12.3. The predicted molar refractivity (Wildman–Crippen MR) is 114 cm³/mol. The summed E-state index contributed by atoms with van der Waals surface area (Å²) in [7, 11) is 1.80. The van der Waals surface area contributed by atoms with Gasteiger partial charge >= 0.3 is 0 Å². The van der Waals surface area contributed by atoms with E-state index in [4.69, 9.17) is 9.51 Å². The van der Waals surface area contributed by atoms with Crippen molar-refractivity contribution in [1.82, 2.24) is 24.4 Å². The Bertz CT molecular complexity index is 1190. The van der Waals surface area contributed by atoms with E-state index < -0.39 is 0 Å². The van der Waals surface area contributed by atoms with Gasteiger partial charge in [-0.3, -0.25) is 4.79 Å². The lowest BCUT2D eigenvalue weighted by Crippen LogP contribution is -2.30. The lowest BCUT2D eigenvalue weighted by atomic mass is 10.1. The quantitative estimate of drug-likeness (QED) is 0.492. The minimum Gasteiger partial charge on any atom is -0.345 e. The molecule has 3 aromatic heterocycles. The molecular weight excluding hydrogens is 378 g/mol. The van der Waals surface area contributed by atoms with Gasteiger partial charge in [-0.1, -0.05) is 41.1 Å². The Labute approximate surface area is 175 Å². The molecule has 0 atom stereocenters. The van der Waals surface area contributed by atoms with Gasteiger partial charge in [-0.15, -0.1) is 0 Å². The number of hydrogen-bond acceptors (Lipinski definition) is 5. The molecule has 0 aliphatic rings. The second-order valence-corrected chi connectivity index (χ2v) is 7.68. The number of carbonyl (C=O) groups excluding carboxylic acids is 1. The van der Waals surface area contributed by atoms with E-state index in [2.05, 4.69) is 41.3 Å². The van der Waals surface area contributed by atoms with E-state index in [0.717, 1.165) is 28.2 Å². The van der Waals surface area contributed by atoms with E-state index in [9.17, 15) is 4.79 Å². The number of likely N-dealkylation sites (N-methyl/N-ethyl adjacent to an activating group) is 1. The predicted octanol–water partition coefficient (Wildman–Crippen LogP) is 3.55. The topological polar surface area (TPSA) is 76.5 Å². The number of aromatic nitrogens is 4. The Morgan fingerprint density at radius 1 is 1.03 bits per heavy atom. The smallest absolute Gasteiger partial charge is 0.228 e. The van der Waals surface area contributed by atoms with E-state index >= 15 is 0 Å². The van der Waals surface area contributed by atoms with Crippen molar-refractivity contribution in [3.05, 3.63) is 71.1 Å². The van der Waals surface area contributed by atoms with Crippen molar-refractivity contribution < 1.29 is 9.32 Å². The molecule has 154 valence electrons. The van der Waals surface area contributed by atoms with Gasteiger partial charge in [0.15, 0.2) is 5.82 Å². The second kappa shape index (κ2) is 8.10. The number of nitrogens with zero attached hydrogens (tertiary/aromatic N) is 5. The molecule has 0 spiro atoms. The van der Waals surface area contributed by atoms with Crippen LogP contribution in [0.1, 0.15) is 28.5 Å². The molecule has 0 unspecified atom stereocenters. The van der Waals surface area contributed by atoms with E-state index in [1.165, 1.54) is 5.56 Å². The highest BCUT2D eigenvalue weighted by atomic mass is 16.5. The number of pyridine rings is 1. The van der Waals surface area contributed by atoms with Gasteiger partial charge in [0.1, 0.15) is 5.65 Å². The van der Waals surface area contributed by atoms with Crippen LogP contribution in [-0.2, 0) is 17.6 Å². The van der Waals surface area contributed by atoms with Crippen LogP contribution in [0.3, 0.4) is 0 Å². The van der Waals surface area contributed by atoms with Gasteiger partial charge in [0, 0.05) is 38.7 Å². The SMILES string of the molecule is Cc1ccc(-c2nc3ccc(C)cn3c2CC(=O)N(C)CCc2noc(C)n2)cc1. The Morgan fingerprint density at radius 2 is 1.77 bits per heavy atom. The van der Waals surface area contributed by atoms with E-state index in [1.807, 2.05) is 29.7 Å². The Kier molecular flexibility index (Phi) is 5.35. The van der Waals surface area contributed by atoms with Crippen LogP contribution in [0.25, 0.3) is 16.9 Å². The highest BCUT2D eigenvalue weighted by Crippen LogP contribution is 2.26. The maximum Gasteiger partial charge on any atom is 0.228 e. The maximum atomic E-state index is 13.0. The van der Waals surface area contributed by atoms with Gasteiger partial charge in [-0.2, -0.15) is 4.98 Å². The van der Waals surface area contributed by atoms with Crippen molar-refractivity contribution in [3.63, 3.8) is 0 Å². The standard InChI is InChI=1S/C23H25N5O2/c1-15-5-8-18(9-6-15)23-19(28-14-16(2)7-10-21(28)25-23)13-22(29)27(4)12-11-20-24-17(3)30-26-20/h5-10,14H,11-13H2,1-4H3. The molecule has 0 bridgehead atoms. The summed E-state index contributed by atoms with van der Waals surface area (Å²) in [6.07, 6.45) is 2.84. The summed E-state index contributed by atoms with van der Waals surface area (Å²) >= 11 is 0. The average Bonchev–Trinajstić information content (AvgIpc) is 3.30. The zero-order valence-electron chi connectivity index (χ0n) is 17.7. The minimum atomic E-state index is 0.0203. The molecule has 3 heterocycles. The van der Waals surface area contributed by atoms with E-state index in [0.29, 0.717) is 24.7 Å². The van der Waals surface area contributed by atoms with Gasteiger partial charge in [-0.05, 0) is 25.5 Å². The van der Waals surface area contributed by atoms with Crippen LogP contribution in [0.2, 0.25) is 0 Å². The summed E-state index contributed by atoms with van der Waals surface area (Å²) in [5, 5.41) is 3.90. The zero-order valence-corrected chi connectivity index (χ0v) is 17.7. The second-order valence-electron chi connectivity index (χ2n) is 7.68. The highest BCUT2D eigenvalue weighted by Gasteiger charge is 2.19. The van der Waals surface area contributed by atoms with E-state index in [-0.39, 0.29) is 12.3 Å². The molecule has 4 rings (SSSR count). The molecular formula is C23H25N5O2. The molecule has 7 heteroatoms.